The van der Waals surface area contributed by atoms with Crippen molar-refractivity contribution < 1.29 is 19.2 Å². The highest BCUT2D eigenvalue weighted by molar-refractivity contribution is 5.89. The van der Waals surface area contributed by atoms with Crippen LogP contribution < -0.4 is 10.1 Å². The van der Waals surface area contributed by atoms with Crippen molar-refractivity contribution in [3.05, 3.63) is 106 Å². The molecule has 0 saturated heterocycles. The van der Waals surface area contributed by atoms with Crippen LogP contribution in [-0.2, 0) is 29.0 Å². The van der Waals surface area contributed by atoms with E-state index < -0.39 is 11.0 Å². The van der Waals surface area contributed by atoms with Crippen LogP contribution in [-0.4, -0.2) is 41.3 Å². The third-order valence-corrected chi connectivity index (χ3v) is 6.12. The lowest BCUT2D eigenvalue weighted by Gasteiger charge is -2.31. The Labute approximate surface area is 217 Å². The zero-order valence-electron chi connectivity index (χ0n) is 21.3. The van der Waals surface area contributed by atoms with Gasteiger partial charge in [0.2, 0.25) is 11.8 Å². The minimum absolute atomic E-state index is 0.121. The van der Waals surface area contributed by atoms with E-state index in [4.69, 9.17) is 4.74 Å². The molecule has 0 aliphatic rings. The molecule has 0 heterocycles. The predicted octanol–water partition coefficient (Wildman–Crippen LogP) is 4.70. The van der Waals surface area contributed by atoms with Gasteiger partial charge >= 0.3 is 0 Å². The van der Waals surface area contributed by atoms with E-state index in [1.54, 1.807) is 25.3 Å². The van der Waals surface area contributed by atoms with Crippen LogP contribution in [0.2, 0.25) is 0 Å². The average molecular weight is 504 g/mol. The molecule has 0 fully saturated rings. The Balaban J connectivity index is 2.00. The first-order chi connectivity index (χ1) is 17.9. The highest BCUT2D eigenvalue weighted by Crippen LogP contribution is 2.22. The quantitative estimate of drug-likeness (QED) is 0.207. The fraction of sp³-hybridized carbons (Fsp3) is 0.310. The Bertz CT molecular complexity index is 1200. The number of benzene rings is 3. The molecule has 0 spiro atoms. The van der Waals surface area contributed by atoms with E-state index in [0.717, 1.165) is 24.0 Å². The van der Waals surface area contributed by atoms with E-state index in [9.17, 15) is 19.7 Å². The van der Waals surface area contributed by atoms with Gasteiger partial charge in [0, 0.05) is 31.1 Å². The molecule has 37 heavy (non-hydrogen) atoms. The molecular weight excluding hydrogens is 470 g/mol. The fourth-order valence-electron chi connectivity index (χ4n) is 4.13. The van der Waals surface area contributed by atoms with Crippen LogP contribution in [0.4, 0.5) is 5.69 Å². The van der Waals surface area contributed by atoms with Gasteiger partial charge in [-0.25, -0.2) is 0 Å². The predicted molar refractivity (Wildman–Crippen MR) is 142 cm³/mol. The number of hydrogen-bond donors (Lipinski definition) is 1. The lowest BCUT2D eigenvalue weighted by Crippen LogP contribution is -2.51. The summed E-state index contributed by atoms with van der Waals surface area (Å²) < 4.78 is 5.35. The highest BCUT2D eigenvalue weighted by Gasteiger charge is 2.31. The van der Waals surface area contributed by atoms with Crippen LogP contribution in [0.25, 0.3) is 0 Å². The Hall–Kier alpha value is -4.20. The third kappa shape index (κ3) is 7.90. The second-order valence-electron chi connectivity index (χ2n) is 8.79. The number of methoxy groups -OCH3 is 1. The summed E-state index contributed by atoms with van der Waals surface area (Å²) in [6, 6.07) is 22.2. The molecule has 1 atom stereocenters. The highest BCUT2D eigenvalue weighted by atomic mass is 16.6. The number of hydrogen-bond acceptors (Lipinski definition) is 5. The van der Waals surface area contributed by atoms with Crippen LogP contribution in [0.5, 0.6) is 5.75 Å². The van der Waals surface area contributed by atoms with Crippen molar-refractivity contribution in [1.82, 2.24) is 10.2 Å². The molecule has 0 aromatic heterocycles. The monoisotopic (exact) mass is 503 g/mol. The normalized spacial score (nSPS) is 11.4. The molecule has 0 radical (unpaired) electrons. The summed E-state index contributed by atoms with van der Waals surface area (Å²) >= 11 is 0. The third-order valence-electron chi connectivity index (χ3n) is 6.12. The van der Waals surface area contributed by atoms with E-state index >= 15 is 0 Å². The van der Waals surface area contributed by atoms with Gasteiger partial charge in [0.25, 0.3) is 5.69 Å². The molecule has 1 N–H and O–H groups in total. The number of amides is 2. The number of nitro groups is 1. The molecule has 3 aromatic carbocycles. The minimum Gasteiger partial charge on any atom is -0.497 e. The van der Waals surface area contributed by atoms with Crippen molar-refractivity contribution >= 4 is 17.5 Å². The van der Waals surface area contributed by atoms with Gasteiger partial charge in [-0.2, -0.15) is 0 Å². The largest absolute Gasteiger partial charge is 0.497 e. The smallest absolute Gasteiger partial charge is 0.273 e. The van der Waals surface area contributed by atoms with Gasteiger partial charge in [0.05, 0.1) is 18.5 Å². The number of para-hydroxylation sites is 1. The Morgan fingerprint density at radius 2 is 1.70 bits per heavy atom. The van der Waals surface area contributed by atoms with Crippen molar-refractivity contribution in [3.8, 4) is 5.75 Å². The van der Waals surface area contributed by atoms with E-state index in [0.29, 0.717) is 24.3 Å². The van der Waals surface area contributed by atoms with Gasteiger partial charge in [-0.3, -0.25) is 19.7 Å². The number of nitrogens with zero attached hydrogens (tertiary/aromatic N) is 2. The van der Waals surface area contributed by atoms with Gasteiger partial charge in [0.15, 0.2) is 0 Å². The van der Waals surface area contributed by atoms with E-state index in [-0.39, 0.29) is 30.5 Å². The standard InChI is InChI=1S/C29H33N3O5/c1-3-4-17-30-29(34)27(19-22-11-6-5-7-12-22)31(21-23-13-10-15-25(18-23)37-2)28(33)20-24-14-8-9-16-26(24)32(35)36/h5-16,18,27H,3-4,17,19-21H2,1-2H3,(H,30,34). The lowest BCUT2D eigenvalue weighted by molar-refractivity contribution is -0.385. The number of ether oxygens (including phenoxy) is 1. The maximum absolute atomic E-state index is 13.8. The molecular formula is C29H33N3O5. The number of nitrogens with one attached hydrogen (secondary N) is 1. The molecule has 3 rings (SSSR count). The second kappa shape index (κ2) is 13.8. The van der Waals surface area contributed by atoms with Crippen molar-refractivity contribution in [2.24, 2.45) is 0 Å². The lowest BCUT2D eigenvalue weighted by atomic mass is 10.0. The first-order valence-electron chi connectivity index (χ1n) is 12.4. The molecule has 0 bridgehead atoms. The van der Waals surface area contributed by atoms with Crippen molar-refractivity contribution in [3.63, 3.8) is 0 Å². The van der Waals surface area contributed by atoms with E-state index in [1.807, 2.05) is 61.5 Å². The van der Waals surface area contributed by atoms with Crippen molar-refractivity contribution in [1.29, 1.82) is 0 Å². The van der Waals surface area contributed by atoms with Gasteiger partial charge in [-0.1, -0.05) is 74.0 Å². The molecule has 1 unspecified atom stereocenters. The van der Waals surface area contributed by atoms with Crippen molar-refractivity contribution in [2.45, 2.75) is 45.2 Å². The van der Waals surface area contributed by atoms with Crippen LogP contribution in [0.3, 0.4) is 0 Å². The first-order valence-corrected chi connectivity index (χ1v) is 12.4. The fourth-order valence-corrected chi connectivity index (χ4v) is 4.13. The molecule has 0 aliphatic carbocycles. The van der Waals surface area contributed by atoms with Gasteiger partial charge in [-0.15, -0.1) is 0 Å². The molecule has 2 amide bonds. The Morgan fingerprint density at radius 3 is 2.41 bits per heavy atom. The van der Waals surface area contributed by atoms with Gasteiger partial charge in [0.1, 0.15) is 11.8 Å². The number of carbonyl (C=O) groups is 2. The molecule has 8 nitrogen and oxygen atoms in total. The SMILES string of the molecule is CCCCNC(=O)C(Cc1ccccc1)N(Cc1cccc(OC)c1)C(=O)Cc1ccccc1[N+](=O)[O-]. The minimum atomic E-state index is -0.805. The summed E-state index contributed by atoms with van der Waals surface area (Å²) in [7, 11) is 1.57. The summed E-state index contributed by atoms with van der Waals surface area (Å²) in [5.74, 6) is 0.00964. The van der Waals surface area contributed by atoms with Crippen LogP contribution in [0.1, 0.15) is 36.5 Å². The van der Waals surface area contributed by atoms with Crippen LogP contribution in [0.15, 0.2) is 78.9 Å². The molecule has 194 valence electrons. The maximum Gasteiger partial charge on any atom is 0.273 e. The Kier molecular flexibility index (Phi) is 10.2. The summed E-state index contributed by atoms with van der Waals surface area (Å²) in [6.07, 6.45) is 1.86. The second-order valence-corrected chi connectivity index (χ2v) is 8.79. The summed E-state index contributed by atoms with van der Waals surface area (Å²) in [6.45, 7) is 2.69. The summed E-state index contributed by atoms with van der Waals surface area (Å²) in [4.78, 5) is 39.9. The Morgan fingerprint density at radius 1 is 1.00 bits per heavy atom. The summed E-state index contributed by atoms with van der Waals surface area (Å²) in [5, 5.41) is 14.5. The summed E-state index contributed by atoms with van der Waals surface area (Å²) in [5.41, 5.74) is 1.88. The average Bonchev–Trinajstić information content (AvgIpc) is 2.91. The molecule has 0 aliphatic heterocycles. The number of rotatable bonds is 13. The number of carbonyl (C=O) groups excluding carboxylic acids is 2. The zero-order valence-corrected chi connectivity index (χ0v) is 21.3. The van der Waals surface area contributed by atoms with Gasteiger partial charge in [-0.05, 0) is 29.7 Å². The van der Waals surface area contributed by atoms with Crippen molar-refractivity contribution in [2.75, 3.05) is 13.7 Å². The number of unbranched alkanes of at least 4 members (excludes halogenated alkanes) is 1. The first kappa shape index (κ1) is 27.4. The topological polar surface area (TPSA) is 102 Å². The van der Waals surface area contributed by atoms with E-state index in [1.165, 1.54) is 11.0 Å². The molecule has 8 heteroatoms. The zero-order chi connectivity index (χ0) is 26.6. The van der Waals surface area contributed by atoms with Gasteiger partial charge < -0.3 is 15.0 Å². The molecule has 0 saturated carbocycles. The van der Waals surface area contributed by atoms with Crippen LogP contribution >= 0.6 is 0 Å². The van der Waals surface area contributed by atoms with E-state index in [2.05, 4.69) is 5.32 Å². The number of nitro benzene ring substituents is 1. The molecule has 3 aromatic rings. The van der Waals surface area contributed by atoms with Crippen LogP contribution in [0, 0.1) is 10.1 Å². The maximum atomic E-state index is 13.8.